The van der Waals surface area contributed by atoms with Gasteiger partial charge in [0.25, 0.3) is 5.91 Å². The topological polar surface area (TPSA) is 144 Å². The van der Waals surface area contributed by atoms with E-state index in [-0.39, 0.29) is 35.3 Å². The van der Waals surface area contributed by atoms with Crippen LogP contribution in [-0.4, -0.2) is 62.8 Å². The molecule has 0 heterocycles. The van der Waals surface area contributed by atoms with Gasteiger partial charge >= 0.3 is 0 Å². The highest BCUT2D eigenvalue weighted by atomic mass is 19.1. The van der Waals surface area contributed by atoms with Crippen LogP contribution in [0.5, 0.6) is 5.75 Å². The first-order valence-corrected chi connectivity index (χ1v) is 9.72. The van der Waals surface area contributed by atoms with Crippen LogP contribution in [-0.2, 0) is 11.2 Å². The van der Waals surface area contributed by atoms with Gasteiger partial charge in [-0.05, 0) is 44.5 Å². The van der Waals surface area contributed by atoms with E-state index < -0.39 is 58.1 Å². The number of carbonyl (C=O) groups excluding carboxylic acids is 2. The number of halogens is 1. The van der Waals surface area contributed by atoms with E-state index >= 15 is 0 Å². The second-order valence-corrected chi connectivity index (χ2v) is 8.57. The number of aliphatic hydroxyl groups is 3. The molecule has 0 saturated carbocycles. The van der Waals surface area contributed by atoms with Crippen LogP contribution in [0.1, 0.15) is 22.3 Å². The number of primary amides is 1. The van der Waals surface area contributed by atoms with Crippen molar-refractivity contribution < 1.29 is 34.4 Å². The highest BCUT2D eigenvalue weighted by Gasteiger charge is 2.60. The Balaban J connectivity index is 1.97. The Morgan fingerprint density at radius 1 is 1.29 bits per heavy atom. The quantitative estimate of drug-likeness (QED) is 0.475. The fraction of sp³-hybridized carbons (Fsp3) is 0.364. The van der Waals surface area contributed by atoms with E-state index in [9.17, 15) is 34.4 Å². The summed E-state index contributed by atoms with van der Waals surface area (Å²) < 4.78 is 13.8. The van der Waals surface area contributed by atoms with Gasteiger partial charge in [-0.3, -0.25) is 14.5 Å². The Morgan fingerprint density at radius 3 is 2.52 bits per heavy atom. The predicted molar refractivity (Wildman–Crippen MR) is 108 cm³/mol. The molecule has 6 N–H and O–H groups in total. The van der Waals surface area contributed by atoms with Gasteiger partial charge < -0.3 is 26.2 Å². The molecule has 0 spiro atoms. The lowest BCUT2D eigenvalue weighted by Crippen LogP contribution is -2.60. The number of nitrogens with zero attached hydrogens (tertiary/aromatic N) is 1. The minimum Gasteiger partial charge on any atom is -0.510 e. The third kappa shape index (κ3) is 2.66. The number of amides is 1. The first-order valence-electron chi connectivity index (χ1n) is 9.72. The van der Waals surface area contributed by atoms with Crippen LogP contribution in [0.2, 0.25) is 0 Å². The van der Waals surface area contributed by atoms with Crippen molar-refractivity contribution in [1.29, 1.82) is 0 Å². The largest absolute Gasteiger partial charge is 0.510 e. The highest BCUT2D eigenvalue weighted by Crippen LogP contribution is 2.54. The molecule has 1 unspecified atom stereocenters. The normalized spacial score (nSPS) is 30.3. The number of hydrogen-bond acceptors (Lipinski definition) is 7. The summed E-state index contributed by atoms with van der Waals surface area (Å²) in [6, 6.07) is 1.06. The summed E-state index contributed by atoms with van der Waals surface area (Å²) in [5.41, 5.74) is 2.50. The van der Waals surface area contributed by atoms with Crippen molar-refractivity contribution in [2.75, 3.05) is 14.1 Å². The van der Waals surface area contributed by atoms with Crippen LogP contribution in [0, 0.1) is 17.7 Å². The summed E-state index contributed by atoms with van der Waals surface area (Å²) in [7, 11) is 3.25. The summed E-state index contributed by atoms with van der Waals surface area (Å²) >= 11 is 0. The average Bonchev–Trinajstić information content (AvgIpc) is 2.63. The number of nitrogens with two attached hydrogens (primary N) is 1. The van der Waals surface area contributed by atoms with Crippen LogP contribution >= 0.6 is 0 Å². The second-order valence-electron chi connectivity index (χ2n) is 8.57. The Hall–Kier alpha value is -3.17. The molecule has 9 heteroatoms. The summed E-state index contributed by atoms with van der Waals surface area (Å²) in [6.07, 6.45) is 0.258. The molecule has 3 aliphatic carbocycles. The van der Waals surface area contributed by atoms with Crippen LogP contribution in [0.3, 0.4) is 0 Å². The van der Waals surface area contributed by atoms with Gasteiger partial charge in [0, 0.05) is 23.1 Å². The van der Waals surface area contributed by atoms with E-state index in [2.05, 4.69) is 6.58 Å². The zero-order valence-corrected chi connectivity index (χ0v) is 17.0. The number of rotatable bonds is 2. The lowest BCUT2D eigenvalue weighted by Gasteiger charge is -2.52. The maximum atomic E-state index is 13.8. The number of phenols is 1. The first kappa shape index (κ1) is 21.1. The van der Waals surface area contributed by atoms with Crippen molar-refractivity contribution in [1.82, 2.24) is 4.90 Å². The number of fused-ring (bicyclic) bond motifs is 3. The van der Waals surface area contributed by atoms with Gasteiger partial charge in [0.15, 0.2) is 11.4 Å². The molecule has 31 heavy (non-hydrogen) atoms. The number of allylic oxidation sites excluding steroid dienone is 1. The molecular weight excluding hydrogens is 407 g/mol. The van der Waals surface area contributed by atoms with Gasteiger partial charge in [-0.1, -0.05) is 6.58 Å². The Labute approximate surface area is 177 Å². The summed E-state index contributed by atoms with van der Waals surface area (Å²) in [4.78, 5) is 26.8. The van der Waals surface area contributed by atoms with Gasteiger partial charge in [0.1, 0.15) is 23.1 Å². The lowest BCUT2D eigenvalue weighted by molar-refractivity contribution is -0.115. The number of Topliss-reactive ketones (excluding diaryl/α,β-unsaturated/α-hetero) is 1. The minimum atomic E-state index is -2.24. The number of aliphatic hydroxyl groups excluding tert-OH is 2. The van der Waals surface area contributed by atoms with Gasteiger partial charge in [0.2, 0.25) is 0 Å². The standard InChI is InChI=1S/C22H23FN2O6/c1-8-14(21(24)30)19(28)17(25(2)3)12-6-10-4-9-5-11(23)7-13(26)15(9)18(27)16(10)20(29)22(8,12)31/h5,7,10,12,17,26,28-29,31H,1,4,6H2,2-3H3,(H2,24,30)/t10?,12-,17-,22-/m0/s1. The molecule has 0 fully saturated rings. The number of ketones is 1. The van der Waals surface area contributed by atoms with Gasteiger partial charge in [-0.15, -0.1) is 0 Å². The van der Waals surface area contributed by atoms with Gasteiger partial charge in [-0.25, -0.2) is 4.39 Å². The van der Waals surface area contributed by atoms with Crippen molar-refractivity contribution in [3.8, 4) is 5.75 Å². The Bertz CT molecular complexity index is 1120. The summed E-state index contributed by atoms with van der Waals surface area (Å²) in [5, 5.41) is 43.7. The van der Waals surface area contributed by atoms with Crippen molar-refractivity contribution in [2.24, 2.45) is 17.6 Å². The molecule has 0 bridgehead atoms. The summed E-state index contributed by atoms with van der Waals surface area (Å²) in [5.74, 6) is -5.58. The van der Waals surface area contributed by atoms with E-state index in [1.807, 2.05) is 0 Å². The second kappa shape index (κ2) is 6.66. The number of hydrogen-bond donors (Lipinski definition) is 5. The molecule has 1 aromatic rings. The molecule has 0 saturated heterocycles. The van der Waals surface area contributed by atoms with Crippen LogP contribution < -0.4 is 5.73 Å². The van der Waals surface area contributed by atoms with E-state index in [1.54, 1.807) is 19.0 Å². The fourth-order valence-corrected chi connectivity index (χ4v) is 5.41. The minimum absolute atomic E-state index is 0.121. The maximum Gasteiger partial charge on any atom is 0.252 e. The Kier molecular flexibility index (Phi) is 4.53. The lowest BCUT2D eigenvalue weighted by atomic mass is 9.58. The molecule has 1 aromatic carbocycles. The van der Waals surface area contributed by atoms with Gasteiger partial charge in [-0.2, -0.15) is 0 Å². The smallest absolute Gasteiger partial charge is 0.252 e. The molecule has 0 radical (unpaired) electrons. The molecule has 3 aliphatic rings. The van der Waals surface area contributed by atoms with Gasteiger partial charge in [0.05, 0.1) is 17.2 Å². The van der Waals surface area contributed by atoms with E-state index in [0.717, 1.165) is 12.1 Å². The number of benzene rings is 1. The third-order valence-corrected chi connectivity index (χ3v) is 6.68. The maximum absolute atomic E-state index is 13.8. The van der Waals surface area contributed by atoms with E-state index in [4.69, 9.17) is 5.73 Å². The molecule has 0 aromatic heterocycles. The first-order chi connectivity index (χ1) is 14.4. The highest BCUT2D eigenvalue weighted by molar-refractivity contribution is 6.13. The Morgan fingerprint density at radius 2 is 1.94 bits per heavy atom. The number of likely N-dealkylation sites (N-methyl/N-ethyl adjacent to an activating group) is 1. The van der Waals surface area contributed by atoms with Crippen molar-refractivity contribution in [2.45, 2.75) is 24.5 Å². The predicted octanol–water partition coefficient (Wildman–Crippen LogP) is 1.25. The van der Waals surface area contributed by atoms with E-state index in [1.165, 1.54) is 0 Å². The zero-order chi connectivity index (χ0) is 23.0. The zero-order valence-electron chi connectivity index (χ0n) is 17.0. The monoisotopic (exact) mass is 430 g/mol. The molecular formula is C22H23FN2O6. The molecule has 1 amide bonds. The molecule has 164 valence electrons. The van der Waals surface area contributed by atoms with E-state index in [0.29, 0.717) is 5.56 Å². The van der Waals surface area contributed by atoms with Crippen LogP contribution in [0.4, 0.5) is 4.39 Å². The van der Waals surface area contributed by atoms with Crippen molar-refractivity contribution in [3.63, 3.8) is 0 Å². The third-order valence-electron chi connectivity index (χ3n) is 6.68. The average molecular weight is 430 g/mol. The molecule has 4 atom stereocenters. The number of aromatic hydroxyl groups is 1. The number of phenolic OH excluding ortho intramolecular Hbond substituents is 1. The van der Waals surface area contributed by atoms with Crippen molar-refractivity contribution >= 4 is 11.7 Å². The fourth-order valence-electron chi connectivity index (χ4n) is 5.41. The van der Waals surface area contributed by atoms with Crippen LogP contribution in [0.25, 0.3) is 0 Å². The molecule has 4 rings (SSSR count). The number of carbonyl (C=O) groups is 2. The molecule has 0 aliphatic heterocycles. The van der Waals surface area contributed by atoms with Crippen molar-refractivity contribution in [3.05, 3.63) is 63.9 Å². The van der Waals surface area contributed by atoms with Crippen LogP contribution in [0.15, 0.2) is 46.9 Å². The summed E-state index contributed by atoms with van der Waals surface area (Å²) in [6.45, 7) is 3.71. The molecule has 8 nitrogen and oxygen atoms in total. The SMILES string of the molecule is C=C1C(C(N)=O)=C(O)[C@@H](N(C)C)[C@@H]2CC3Cc4cc(F)cc(O)c4C(=O)C3=C(O)[C@]12O.